The van der Waals surface area contributed by atoms with Gasteiger partial charge in [-0.3, -0.25) is 9.48 Å². The van der Waals surface area contributed by atoms with E-state index in [2.05, 4.69) is 10.4 Å². The molecule has 0 saturated carbocycles. The summed E-state index contributed by atoms with van der Waals surface area (Å²) in [6.45, 7) is 0.479. The summed E-state index contributed by atoms with van der Waals surface area (Å²) in [6, 6.07) is 12.8. The number of halogens is 1. The van der Waals surface area contributed by atoms with Gasteiger partial charge in [0.2, 0.25) is 0 Å². The van der Waals surface area contributed by atoms with Crippen LogP contribution in [-0.2, 0) is 6.54 Å². The molecule has 1 aromatic heterocycles. The first-order valence-corrected chi connectivity index (χ1v) is 7.90. The van der Waals surface area contributed by atoms with E-state index in [9.17, 15) is 9.18 Å². The number of anilines is 1. The maximum atomic E-state index is 12.9. The van der Waals surface area contributed by atoms with Gasteiger partial charge in [-0.1, -0.05) is 12.1 Å². The summed E-state index contributed by atoms with van der Waals surface area (Å²) < 4.78 is 25.0. The number of hydrogen-bond acceptors (Lipinski definition) is 4. The molecular formula is C19H18FN3O3. The number of hydrogen-bond donors (Lipinski definition) is 1. The molecule has 3 rings (SSSR count). The Morgan fingerprint density at radius 2 is 1.81 bits per heavy atom. The second kappa shape index (κ2) is 7.69. The Bertz CT molecular complexity index is 907. The second-order valence-electron chi connectivity index (χ2n) is 5.55. The zero-order valence-corrected chi connectivity index (χ0v) is 14.4. The molecule has 0 spiro atoms. The average Bonchev–Trinajstić information content (AvgIpc) is 3.09. The van der Waals surface area contributed by atoms with E-state index in [1.807, 2.05) is 0 Å². The van der Waals surface area contributed by atoms with Crippen molar-refractivity contribution in [2.75, 3.05) is 19.5 Å². The van der Waals surface area contributed by atoms with Crippen molar-refractivity contribution in [1.29, 1.82) is 0 Å². The van der Waals surface area contributed by atoms with E-state index in [0.717, 1.165) is 5.56 Å². The average molecular weight is 355 g/mol. The number of methoxy groups -OCH3 is 2. The van der Waals surface area contributed by atoms with Crippen LogP contribution in [0.15, 0.2) is 54.7 Å². The molecule has 0 atom stereocenters. The maximum absolute atomic E-state index is 12.9. The van der Waals surface area contributed by atoms with E-state index in [1.54, 1.807) is 47.3 Å². The molecule has 1 N–H and O–H groups in total. The van der Waals surface area contributed by atoms with Gasteiger partial charge < -0.3 is 14.8 Å². The Morgan fingerprint density at radius 1 is 1.08 bits per heavy atom. The Labute approximate surface area is 150 Å². The number of aromatic nitrogens is 2. The first-order chi connectivity index (χ1) is 12.6. The minimum Gasteiger partial charge on any atom is -0.493 e. The Kier molecular flexibility index (Phi) is 5.17. The van der Waals surface area contributed by atoms with Crippen molar-refractivity contribution in [2.45, 2.75) is 6.54 Å². The van der Waals surface area contributed by atoms with Crippen molar-refractivity contribution >= 4 is 11.7 Å². The molecule has 26 heavy (non-hydrogen) atoms. The van der Waals surface area contributed by atoms with Crippen LogP contribution in [0.5, 0.6) is 11.5 Å². The van der Waals surface area contributed by atoms with Crippen molar-refractivity contribution in [3.05, 3.63) is 71.7 Å². The van der Waals surface area contributed by atoms with Crippen LogP contribution < -0.4 is 14.8 Å². The first-order valence-electron chi connectivity index (χ1n) is 7.90. The number of nitrogens with zero attached hydrogens (tertiary/aromatic N) is 2. The van der Waals surface area contributed by atoms with Crippen LogP contribution >= 0.6 is 0 Å². The third-order valence-electron chi connectivity index (χ3n) is 3.79. The molecule has 1 heterocycles. The summed E-state index contributed by atoms with van der Waals surface area (Å²) >= 11 is 0. The fourth-order valence-corrected chi connectivity index (χ4v) is 2.46. The SMILES string of the molecule is COc1ccc(C(=O)Nc2ccn(Cc3ccc(F)cc3)n2)cc1OC. The monoisotopic (exact) mass is 355 g/mol. The number of carbonyl (C=O) groups is 1. The number of rotatable bonds is 6. The van der Waals surface area contributed by atoms with Crippen LogP contribution in [0.3, 0.4) is 0 Å². The van der Waals surface area contributed by atoms with E-state index in [0.29, 0.717) is 29.4 Å². The minimum absolute atomic E-state index is 0.280. The molecule has 1 amide bonds. The van der Waals surface area contributed by atoms with Gasteiger partial charge in [-0.25, -0.2) is 4.39 Å². The fraction of sp³-hybridized carbons (Fsp3) is 0.158. The lowest BCUT2D eigenvalue weighted by molar-refractivity contribution is 0.102. The normalized spacial score (nSPS) is 10.4. The molecule has 134 valence electrons. The van der Waals surface area contributed by atoms with E-state index in [4.69, 9.17) is 9.47 Å². The molecule has 0 unspecified atom stereocenters. The van der Waals surface area contributed by atoms with Crippen LogP contribution in [0.1, 0.15) is 15.9 Å². The molecule has 7 heteroatoms. The summed E-state index contributed by atoms with van der Waals surface area (Å²) in [6.07, 6.45) is 1.74. The van der Waals surface area contributed by atoms with E-state index in [1.165, 1.54) is 26.4 Å². The van der Waals surface area contributed by atoms with Crippen molar-refractivity contribution in [3.8, 4) is 11.5 Å². The molecule has 6 nitrogen and oxygen atoms in total. The van der Waals surface area contributed by atoms with Gasteiger partial charge in [0, 0.05) is 17.8 Å². The molecule has 0 fully saturated rings. The van der Waals surface area contributed by atoms with Gasteiger partial charge in [-0.05, 0) is 35.9 Å². The Hall–Kier alpha value is -3.35. The molecular weight excluding hydrogens is 337 g/mol. The number of nitrogens with one attached hydrogen (secondary N) is 1. The summed E-state index contributed by atoms with van der Waals surface area (Å²) in [5.41, 5.74) is 1.34. The Balaban J connectivity index is 1.68. The lowest BCUT2D eigenvalue weighted by Gasteiger charge is -2.09. The molecule has 0 aliphatic rings. The highest BCUT2D eigenvalue weighted by atomic mass is 19.1. The second-order valence-corrected chi connectivity index (χ2v) is 5.55. The molecule has 3 aromatic rings. The van der Waals surface area contributed by atoms with Crippen LogP contribution in [0.25, 0.3) is 0 Å². The zero-order chi connectivity index (χ0) is 18.5. The zero-order valence-electron chi connectivity index (χ0n) is 14.4. The van der Waals surface area contributed by atoms with Gasteiger partial charge in [0.1, 0.15) is 5.82 Å². The van der Waals surface area contributed by atoms with Crippen molar-refractivity contribution < 1.29 is 18.7 Å². The molecule has 2 aromatic carbocycles. The predicted molar refractivity (Wildman–Crippen MR) is 95.2 cm³/mol. The van der Waals surface area contributed by atoms with Gasteiger partial charge >= 0.3 is 0 Å². The smallest absolute Gasteiger partial charge is 0.257 e. The Morgan fingerprint density at radius 3 is 2.50 bits per heavy atom. The van der Waals surface area contributed by atoms with Crippen LogP contribution in [0.2, 0.25) is 0 Å². The summed E-state index contributed by atoms with van der Waals surface area (Å²) in [7, 11) is 3.04. The standard InChI is InChI=1S/C19H18FN3O3/c1-25-16-8-5-14(11-17(16)26-2)19(24)21-18-9-10-23(22-18)12-13-3-6-15(20)7-4-13/h3-11H,12H2,1-2H3,(H,21,22,24). The number of ether oxygens (including phenoxy) is 2. The molecule has 0 bridgehead atoms. The number of benzene rings is 2. The highest BCUT2D eigenvalue weighted by molar-refractivity contribution is 6.04. The summed E-state index contributed by atoms with van der Waals surface area (Å²) in [4.78, 5) is 12.4. The van der Waals surface area contributed by atoms with Gasteiger partial charge in [-0.2, -0.15) is 5.10 Å². The fourth-order valence-electron chi connectivity index (χ4n) is 2.46. The minimum atomic E-state index is -0.307. The van der Waals surface area contributed by atoms with Crippen LogP contribution in [0, 0.1) is 5.82 Å². The molecule has 0 aliphatic carbocycles. The summed E-state index contributed by atoms with van der Waals surface area (Å²) in [5, 5.41) is 7.04. The molecule has 0 saturated heterocycles. The quantitative estimate of drug-likeness (QED) is 0.736. The van der Waals surface area contributed by atoms with Gasteiger partial charge in [0.25, 0.3) is 5.91 Å². The molecule has 0 radical (unpaired) electrons. The van der Waals surface area contributed by atoms with E-state index < -0.39 is 0 Å². The van der Waals surface area contributed by atoms with E-state index >= 15 is 0 Å². The lowest BCUT2D eigenvalue weighted by atomic mass is 10.2. The number of amides is 1. The van der Waals surface area contributed by atoms with Gasteiger partial charge in [0.05, 0.1) is 20.8 Å². The van der Waals surface area contributed by atoms with Crippen LogP contribution in [0.4, 0.5) is 10.2 Å². The summed E-state index contributed by atoms with van der Waals surface area (Å²) in [5.74, 6) is 0.858. The third-order valence-corrected chi connectivity index (χ3v) is 3.79. The van der Waals surface area contributed by atoms with Crippen LogP contribution in [-0.4, -0.2) is 29.9 Å². The highest BCUT2D eigenvalue weighted by Crippen LogP contribution is 2.27. The molecule has 0 aliphatic heterocycles. The first kappa shape index (κ1) is 17.5. The van der Waals surface area contributed by atoms with Crippen molar-refractivity contribution in [3.63, 3.8) is 0 Å². The highest BCUT2D eigenvalue weighted by Gasteiger charge is 2.12. The third kappa shape index (κ3) is 4.00. The maximum Gasteiger partial charge on any atom is 0.257 e. The topological polar surface area (TPSA) is 65.4 Å². The van der Waals surface area contributed by atoms with Crippen molar-refractivity contribution in [2.24, 2.45) is 0 Å². The van der Waals surface area contributed by atoms with E-state index in [-0.39, 0.29) is 11.7 Å². The predicted octanol–water partition coefficient (Wildman–Crippen LogP) is 3.34. The largest absolute Gasteiger partial charge is 0.493 e. The number of carbonyl (C=O) groups excluding carboxylic acids is 1. The lowest BCUT2D eigenvalue weighted by Crippen LogP contribution is -2.13. The van der Waals surface area contributed by atoms with Gasteiger partial charge in [0.15, 0.2) is 17.3 Å². The van der Waals surface area contributed by atoms with Crippen molar-refractivity contribution in [1.82, 2.24) is 9.78 Å². The van der Waals surface area contributed by atoms with Gasteiger partial charge in [-0.15, -0.1) is 0 Å².